The minimum atomic E-state index is -9.24. The van der Waals surface area contributed by atoms with Gasteiger partial charge in [-0.25, -0.2) is 0 Å². The van der Waals surface area contributed by atoms with Crippen molar-refractivity contribution in [2.45, 2.75) is 128 Å². The predicted molar refractivity (Wildman–Crippen MR) is 201 cm³/mol. The van der Waals surface area contributed by atoms with E-state index in [2.05, 4.69) is 135 Å². The van der Waals surface area contributed by atoms with Crippen molar-refractivity contribution >= 4 is 40.4 Å². The molecule has 0 saturated heterocycles. The molecule has 0 N–H and O–H groups in total. The fraction of sp³-hybridized carbons (Fsp3) is 0.486. The number of alkyl halides is 15. The van der Waals surface area contributed by atoms with Crippen LogP contribution < -0.4 is 0 Å². The number of sulfone groups is 3. The van der Waals surface area contributed by atoms with E-state index in [1.54, 1.807) is 0 Å². The monoisotopic (exact) mass is 992 g/mol. The Kier molecular flexibility index (Phi) is 15.1. The van der Waals surface area contributed by atoms with Crippen molar-refractivity contribution in [2.24, 2.45) is 0 Å². The number of halogens is 15. The van der Waals surface area contributed by atoms with Crippen LogP contribution in [-0.2, 0) is 56.7 Å². The van der Waals surface area contributed by atoms with E-state index < -0.39 is 67.7 Å². The average Bonchev–Trinajstić information content (AvgIpc) is 3.06. The summed E-state index contributed by atoms with van der Waals surface area (Å²) in [5, 5.41) is -24.2. The Bertz CT molecular complexity index is 2100. The van der Waals surface area contributed by atoms with Crippen molar-refractivity contribution in [3.63, 3.8) is 0 Å². The lowest BCUT2D eigenvalue weighted by atomic mass is 9.87. The first kappa shape index (κ1) is 54.9. The van der Waals surface area contributed by atoms with Crippen molar-refractivity contribution in [1.29, 1.82) is 0 Å². The second-order valence-corrected chi connectivity index (χ2v) is 25.0. The second kappa shape index (κ2) is 17.0. The average molecular weight is 993 g/mol. The molecule has 0 spiro atoms. The topological polar surface area (TPSA) is 102 Å². The van der Waals surface area contributed by atoms with Gasteiger partial charge in [-0.15, -0.1) is 0 Å². The minimum Gasteiger partial charge on any atom is -0.254 e. The fourth-order valence-corrected chi connectivity index (χ4v) is 13.8. The van der Waals surface area contributed by atoms with Crippen LogP contribution in [0.25, 0.3) is 0 Å². The summed E-state index contributed by atoms with van der Waals surface area (Å²) in [7, 11) is -27.8. The normalized spacial score (nSPS) is 14.8. The van der Waals surface area contributed by atoms with Gasteiger partial charge in [0.25, 0.3) is 0 Å². The van der Waals surface area contributed by atoms with Gasteiger partial charge in [-0.1, -0.05) is 98.7 Å². The number of rotatable bonds is 9. The number of benzene rings is 3. The van der Waals surface area contributed by atoms with Gasteiger partial charge in [-0.05, 0) is 69.3 Å². The van der Waals surface area contributed by atoms with Crippen LogP contribution in [0.1, 0.15) is 79.0 Å². The Hall–Kier alpha value is -3.19. The standard InChI is InChI=1S/C30H39S.C7F15O6S3/c1-28(2,3)22-10-16-25(17-11-22)31(26-18-12-23(13-19-26)29(4,5)6)27-20-14-24(15-21-27)30(7,8)9;8-2(9,10)5(17,18)29(23,24)1(30(25,26)6(19,20)3(11,12)13)31(27,28)7(21,22)4(14,15)16/h10-21H,1-9H3;/q+1;-1. The van der Waals surface area contributed by atoms with E-state index in [0.717, 1.165) is 0 Å². The van der Waals surface area contributed by atoms with Crippen molar-refractivity contribution < 1.29 is 91.1 Å². The molecule has 0 radical (unpaired) electrons. The lowest BCUT2D eigenvalue weighted by molar-refractivity contribution is -0.242. The quantitative estimate of drug-likeness (QED) is 0.120. The molecule has 6 nitrogen and oxygen atoms in total. The third-order valence-electron chi connectivity index (χ3n) is 8.53. The first-order valence-electron chi connectivity index (χ1n) is 17.1. The summed E-state index contributed by atoms with van der Waals surface area (Å²) in [6.45, 7) is 20.5. The molecule has 0 saturated carbocycles. The Morgan fingerprint density at radius 1 is 0.339 bits per heavy atom. The van der Waals surface area contributed by atoms with Crippen LogP contribution in [-0.4, -0.2) is 59.5 Å². The van der Waals surface area contributed by atoms with Crippen molar-refractivity contribution in [1.82, 2.24) is 0 Å². The summed E-state index contributed by atoms with van der Waals surface area (Å²) in [6, 6.07) is 27.8. The van der Waals surface area contributed by atoms with E-state index in [-0.39, 0.29) is 27.1 Å². The molecule has 62 heavy (non-hydrogen) atoms. The first-order chi connectivity index (χ1) is 27.1. The van der Waals surface area contributed by atoms with Gasteiger partial charge in [0.1, 0.15) is 29.5 Å². The molecule has 0 fully saturated rings. The van der Waals surface area contributed by atoms with Crippen molar-refractivity contribution in [3.05, 3.63) is 93.4 Å². The first-order valence-corrected chi connectivity index (χ1v) is 22.8. The van der Waals surface area contributed by atoms with Gasteiger partial charge >= 0.3 is 34.3 Å². The third-order valence-corrected chi connectivity index (χ3v) is 18.7. The molecule has 0 aliphatic carbocycles. The van der Waals surface area contributed by atoms with Gasteiger partial charge in [0.15, 0.2) is 14.7 Å². The van der Waals surface area contributed by atoms with Crippen LogP contribution in [0.3, 0.4) is 0 Å². The molecular weight excluding hydrogens is 954 g/mol. The molecule has 0 bridgehead atoms. The molecule has 0 aliphatic heterocycles. The smallest absolute Gasteiger partial charge is 0.254 e. The van der Waals surface area contributed by atoms with Crippen LogP contribution in [0.15, 0.2) is 87.5 Å². The molecule has 0 aromatic heterocycles. The maximum Gasteiger partial charge on any atom is 0.466 e. The van der Waals surface area contributed by atoms with Crippen LogP contribution in [0.2, 0.25) is 0 Å². The minimum absolute atomic E-state index is 0.120. The molecule has 0 amide bonds. The van der Waals surface area contributed by atoms with E-state index in [1.165, 1.54) is 31.4 Å². The highest BCUT2D eigenvalue weighted by Crippen LogP contribution is 2.56. The molecular formula is C37H39F15O6S4. The molecule has 352 valence electrons. The summed E-state index contributed by atoms with van der Waals surface area (Å²) in [5.74, 6) is 0. The molecule has 3 rings (SSSR count). The van der Waals surface area contributed by atoms with Gasteiger partial charge in [0.05, 0.1) is 14.8 Å². The molecule has 0 unspecified atom stereocenters. The van der Waals surface area contributed by atoms with E-state index >= 15 is 0 Å². The van der Waals surface area contributed by atoms with E-state index in [0.29, 0.717) is 0 Å². The fourth-order valence-electron chi connectivity index (χ4n) is 4.89. The molecule has 0 aliphatic rings. The zero-order valence-corrected chi connectivity index (χ0v) is 36.9. The van der Waals surface area contributed by atoms with Gasteiger partial charge in [-0.3, -0.25) is 25.3 Å². The second-order valence-electron chi connectivity index (χ2n) is 16.4. The van der Waals surface area contributed by atoms with Crippen molar-refractivity contribution in [3.8, 4) is 0 Å². The molecule has 0 atom stereocenters. The third kappa shape index (κ3) is 10.7. The van der Waals surface area contributed by atoms with Gasteiger partial charge < -0.3 is 0 Å². The van der Waals surface area contributed by atoms with Crippen LogP contribution in [0, 0.1) is 3.91 Å². The largest absolute Gasteiger partial charge is 0.466 e. The summed E-state index contributed by atoms with van der Waals surface area (Å²) in [6.07, 6.45) is -23.4. The Morgan fingerprint density at radius 3 is 0.629 bits per heavy atom. The predicted octanol–water partition coefficient (Wildman–Crippen LogP) is 11.8. The maximum absolute atomic E-state index is 13.1. The highest BCUT2D eigenvalue weighted by Gasteiger charge is 2.77. The lowest BCUT2D eigenvalue weighted by Crippen LogP contribution is -2.58. The lowest BCUT2D eigenvalue weighted by Gasteiger charge is -2.38. The summed E-state index contributed by atoms with van der Waals surface area (Å²) >= 11 is 0. The Balaban J connectivity index is 0.000000427. The summed E-state index contributed by atoms with van der Waals surface area (Å²) in [4.78, 5) is 4.13. The SMILES string of the molecule is CC(C)(C)c1ccc([S+](c2ccc(C(C)(C)C)cc2)c2ccc(C(C)(C)C)cc2)cc1.O=S(=O)([C-](S(=O)(=O)C(F)(F)C(F)(F)F)S(=O)(=O)C(F)(F)C(F)(F)F)C(F)(F)C(F)(F)F. The van der Waals surface area contributed by atoms with E-state index in [4.69, 9.17) is 0 Å². The van der Waals surface area contributed by atoms with E-state index in [1.807, 2.05) is 0 Å². The number of hydrogen-bond acceptors (Lipinski definition) is 6. The summed E-state index contributed by atoms with van der Waals surface area (Å²) in [5.41, 5.74) is 4.64. The van der Waals surface area contributed by atoms with Crippen molar-refractivity contribution in [2.75, 3.05) is 0 Å². The maximum atomic E-state index is 13.1. The highest BCUT2D eigenvalue weighted by atomic mass is 32.3. The van der Waals surface area contributed by atoms with Crippen LogP contribution in [0.5, 0.6) is 0 Å². The van der Waals surface area contributed by atoms with Gasteiger partial charge in [-0.2, -0.15) is 65.9 Å². The Labute approximate surface area is 351 Å². The highest BCUT2D eigenvalue weighted by molar-refractivity contribution is 8.29. The van der Waals surface area contributed by atoms with E-state index in [9.17, 15) is 91.1 Å². The molecule has 3 aromatic carbocycles. The van der Waals surface area contributed by atoms with Gasteiger partial charge in [0, 0.05) is 0 Å². The zero-order chi connectivity index (χ0) is 49.1. The van der Waals surface area contributed by atoms with Gasteiger partial charge in [0.2, 0.25) is 0 Å². The molecule has 25 heteroatoms. The number of hydrogen-bond donors (Lipinski definition) is 0. The molecule has 3 aromatic rings. The van der Waals surface area contributed by atoms with Crippen LogP contribution in [0.4, 0.5) is 65.9 Å². The Morgan fingerprint density at radius 2 is 0.500 bits per heavy atom. The van der Waals surface area contributed by atoms with Crippen LogP contribution >= 0.6 is 0 Å². The summed E-state index contributed by atoms with van der Waals surface area (Å²) < 4.78 is 249. The zero-order valence-electron chi connectivity index (χ0n) is 33.7. The molecule has 0 heterocycles.